The van der Waals surface area contributed by atoms with Crippen molar-refractivity contribution in [2.45, 2.75) is 134 Å². The van der Waals surface area contributed by atoms with E-state index in [0.717, 1.165) is 0 Å². The van der Waals surface area contributed by atoms with E-state index in [-0.39, 0.29) is 51.7 Å². The summed E-state index contributed by atoms with van der Waals surface area (Å²) in [6.45, 7) is 14.0. The van der Waals surface area contributed by atoms with Gasteiger partial charge in [-0.2, -0.15) is 0 Å². The number of hydrogen-bond donors (Lipinski definition) is 3. The highest BCUT2D eigenvalue weighted by molar-refractivity contribution is 7.90. The van der Waals surface area contributed by atoms with Crippen molar-refractivity contribution in [3.8, 4) is 11.8 Å². The maximum absolute atomic E-state index is 14.5. The van der Waals surface area contributed by atoms with Gasteiger partial charge in [-0.3, -0.25) is 28.8 Å². The number of nitrogens with zero attached hydrogens (tertiary/aromatic N) is 2. The fraction of sp³-hybridized carbons (Fsp3) is 0.600. The van der Waals surface area contributed by atoms with Crippen LogP contribution in [0.1, 0.15) is 97.6 Å². The van der Waals surface area contributed by atoms with Gasteiger partial charge in [-0.15, -0.1) is 6.58 Å². The molecule has 5 rings (SSSR count). The van der Waals surface area contributed by atoms with Crippen molar-refractivity contribution in [2.75, 3.05) is 6.54 Å². The highest BCUT2D eigenvalue weighted by Gasteiger charge is 2.56. The molecule has 2 saturated carbocycles. The number of alkyl carbamates (subject to hydrolysis) is 1. The quantitative estimate of drug-likeness (QED) is 0.150. The third-order valence-corrected chi connectivity index (χ3v) is 11.9. The van der Waals surface area contributed by atoms with Crippen molar-refractivity contribution >= 4 is 45.7 Å². The summed E-state index contributed by atoms with van der Waals surface area (Å²) in [5.74, 6) is 1.86. The molecule has 0 radical (unpaired) electrons. The van der Waals surface area contributed by atoms with Crippen molar-refractivity contribution in [1.82, 2.24) is 25.2 Å². The van der Waals surface area contributed by atoms with Crippen LogP contribution in [0.25, 0.3) is 0 Å². The second-order valence-electron chi connectivity index (χ2n) is 17.3. The van der Waals surface area contributed by atoms with Crippen LogP contribution in [-0.2, 0) is 51.8 Å². The van der Waals surface area contributed by atoms with Gasteiger partial charge in [0.1, 0.15) is 29.6 Å². The molecular formula is C40H52FN5O10S. The molecule has 2 heterocycles. The summed E-state index contributed by atoms with van der Waals surface area (Å²) in [7, 11) is -3.78. The topological polar surface area (TPSA) is 198 Å². The van der Waals surface area contributed by atoms with Gasteiger partial charge in [0.25, 0.3) is 0 Å². The maximum Gasteiger partial charge on any atom is 0.410 e. The first-order valence-electron chi connectivity index (χ1n) is 19.1. The molecule has 5 amide bonds. The first kappa shape index (κ1) is 43.1. The van der Waals surface area contributed by atoms with Gasteiger partial charge < -0.3 is 25.0 Å². The van der Waals surface area contributed by atoms with E-state index in [1.54, 1.807) is 32.9 Å². The molecule has 2 aliphatic carbocycles. The third kappa shape index (κ3) is 11.3. The second kappa shape index (κ2) is 16.5. The molecule has 0 aromatic heterocycles. The van der Waals surface area contributed by atoms with Crippen molar-refractivity contribution in [1.29, 1.82) is 0 Å². The zero-order chi connectivity index (χ0) is 42.1. The largest absolute Gasteiger partial charge is 0.444 e. The Labute approximate surface area is 332 Å². The Hall–Kier alpha value is -4.98. The summed E-state index contributed by atoms with van der Waals surface area (Å²) in [5, 5.41) is 4.82. The number of likely N-dealkylation sites (tertiary alicyclic amines) is 1. The zero-order valence-electron chi connectivity index (χ0n) is 33.2. The summed E-state index contributed by atoms with van der Waals surface area (Å²) in [6, 6.07) is 1.93. The van der Waals surface area contributed by atoms with E-state index < -0.39 is 97.4 Å². The minimum Gasteiger partial charge on any atom is -0.444 e. The van der Waals surface area contributed by atoms with Crippen LogP contribution < -0.4 is 15.4 Å². The monoisotopic (exact) mass is 813 g/mol. The van der Waals surface area contributed by atoms with Crippen molar-refractivity contribution in [3.63, 3.8) is 0 Å². The van der Waals surface area contributed by atoms with Gasteiger partial charge >= 0.3 is 12.2 Å². The van der Waals surface area contributed by atoms with Gasteiger partial charge in [0.15, 0.2) is 0 Å². The molecule has 1 aromatic rings. The molecule has 3 fully saturated rings. The highest BCUT2D eigenvalue weighted by Crippen LogP contribution is 2.47. The highest BCUT2D eigenvalue weighted by atomic mass is 32.2. The number of ketones is 1. The Morgan fingerprint density at radius 1 is 1.09 bits per heavy atom. The summed E-state index contributed by atoms with van der Waals surface area (Å²) in [6.07, 6.45) is -0.839. The first-order valence-corrected chi connectivity index (χ1v) is 20.6. The van der Waals surface area contributed by atoms with Crippen LogP contribution in [0.15, 0.2) is 30.9 Å². The predicted octanol–water partition coefficient (Wildman–Crippen LogP) is 3.60. The van der Waals surface area contributed by atoms with E-state index in [2.05, 4.69) is 33.8 Å². The lowest BCUT2D eigenvalue weighted by atomic mass is 9.97. The number of ether oxygens (including phenoxy) is 2. The number of fused-ring (bicyclic) bond motifs is 1. The lowest BCUT2D eigenvalue weighted by molar-refractivity contribution is -0.140. The smallest absolute Gasteiger partial charge is 0.410 e. The number of halogens is 1. The fourth-order valence-electron chi connectivity index (χ4n) is 6.86. The van der Waals surface area contributed by atoms with E-state index in [1.807, 2.05) is 20.8 Å². The van der Waals surface area contributed by atoms with Gasteiger partial charge in [-0.1, -0.05) is 24.1 Å². The fourth-order valence-corrected chi connectivity index (χ4v) is 8.18. The van der Waals surface area contributed by atoms with Crippen LogP contribution in [0.5, 0.6) is 0 Å². The van der Waals surface area contributed by atoms with E-state index in [9.17, 15) is 41.6 Å². The van der Waals surface area contributed by atoms with Crippen LogP contribution in [0.2, 0.25) is 0 Å². The normalized spacial score (nSPS) is 23.2. The SMILES string of the molecule is C=C[C@]1(NC(=O)C2C[C@@H](OC(=O)N3Cc4cccc(F)c4C3)CN2C(=O)[C@H](CCC(=O)C#CC(C)(C)C)NC(=O)OC(C)(C)C)C[C@@H]1CC(=O)NS(=O)(=O)C1CC1. The van der Waals surface area contributed by atoms with Gasteiger partial charge in [-0.05, 0) is 90.7 Å². The minimum absolute atomic E-state index is 0.0348. The molecule has 5 atom stereocenters. The number of Topliss-reactive ketones (excluding diaryl/α,β-unsaturated/α-hetero) is 1. The molecule has 1 unspecified atom stereocenters. The van der Waals surface area contributed by atoms with Gasteiger partial charge in [-0.25, -0.2) is 22.4 Å². The summed E-state index contributed by atoms with van der Waals surface area (Å²) in [4.78, 5) is 82.9. The standard InChI is InChI=1S/C40H52FN5O10S/c1-8-40(20-25(40)18-33(48)44-57(53,54)28-13-14-28)43-34(49)32-19-27(55-37(52)45-21-24-10-9-11-30(41)29(24)23-45)22-46(32)35(50)31(42-36(51)56-39(5,6)7)15-12-26(47)16-17-38(2,3)4/h8-11,25,27-28,31-32H,1,12-15,18-23H2,2-7H3,(H,42,51)(H,43,49)(H,44,48)/t25-,27+,31-,32?,40-/m0/s1. The number of rotatable bonds is 13. The van der Waals surface area contributed by atoms with E-state index >= 15 is 0 Å². The number of carbonyl (C=O) groups is 6. The lowest BCUT2D eigenvalue weighted by Crippen LogP contribution is -2.55. The molecule has 17 heteroatoms. The van der Waals surface area contributed by atoms with E-state index in [1.165, 1.54) is 21.9 Å². The molecule has 4 aliphatic rings. The van der Waals surface area contributed by atoms with Crippen molar-refractivity contribution < 1.29 is 51.0 Å². The van der Waals surface area contributed by atoms with Crippen LogP contribution in [0.4, 0.5) is 14.0 Å². The number of amides is 5. The minimum atomic E-state index is -3.78. The third-order valence-electron chi connectivity index (χ3n) is 10.1. The molecule has 1 aromatic carbocycles. The van der Waals surface area contributed by atoms with Gasteiger partial charge in [0.05, 0.1) is 23.9 Å². The summed E-state index contributed by atoms with van der Waals surface area (Å²) < 4.78 is 52.4. The molecule has 2 aliphatic heterocycles. The molecule has 310 valence electrons. The number of carbonyl (C=O) groups excluding carboxylic acids is 6. The first-order chi connectivity index (χ1) is 26.5. The Morgan fingerprint density at radius 2 is 1.79 bits per heavy atom. The predicted molar refractivity (Wildman–Crippen MR) is 205 cm³/mol. The second-order valence-corrected chi connectivity index (χ2v) is 19.2. The maximum atomic E-state index is 14.5. The molecule has 57 heavy (non-hydrogen) atoms. The Bertz CT molecular complexity index is 1990. The Balaban J connectivity index is 1.35. The van der Waals surface area contributed by atoms with Crippen molar-refractivity contribution in [2.24, 2.45) is 11.3 Å². The van der Waals surface area contributed by atoms with Crippen LogP contribution in [0.3, 0.4) is 0 Å². The number of hydrogen-bond acceptors (Lipinski definition) is 10. The Kier molecular flexibility index (Phi) is 12.5. The van der Waals surface area contributed by atoms with Gasteiger partial charge in [0, 0.05) is 36.8 Å². The molecule has 15 nitrogen and oxygen atoms in total. The number of nitrogens with one attached hydrogen (secondary N) is 3. The van der Waals surface area contributed by atoms with Crippen molar-refractivity contribution in [3.05, 3.63) is 47.8 Å². The van der Waals surface area contributed by atoms with Crippen LogP contribution >= 0.6 is 0 Å². The van der Waals surface area contributed by atoms with E-state index in [0.29, 0.717) is 24.0 Å². The average Bonchev–Trinajstić information content (AvgIpc) is 3.97. The molecular weight excluding hydrogens is 762 g/mol. The van der Waals surface area contributed by atoms with Crippen LogP contribution in [0, 0.1) is 29.0 Å². The number of benzene rings is 1. The van der Waals surface area contributed by atoms with E-state index in [4.69, 9.17) is 9.47 Å². The molecule has 0 spiro atoms. The summed E-state index contributed by atoms with van der Waals surface area (Å²) >= 11 is 0. The molecule has 1 saturated heterocycles. The number of sulfonamides is 1. The zero-order valence-corrected chi connectivity index (χ0v) is 34.1. The average molecular weight is 814 g/mol. The summed E-state index contributed by atoms with van der Waals surface area (Å²) in [5.41, 5.74) is -1.51. The van der Waals surface area contributed by atoms with Crippen LogP contribution in [-0.4, -0.2) is 95.0 Å². The lowest BCUT2D eigenvalue weighted by Gasteiger charge is -2.30. The Morgan fingerprint density at radius 3 is 2.40 bits per heavy atom. The molecule has 3 N–H and O–H groups in total. The van der Waals surface area contributed by atoms with Gasteiger partial charge in [0.2, 0.25) is 33.5 Å². The molecule has 0 bridgehead atoms.